The summed E-state index contributed by atoms with van der Waals surface area (Å²) in [5.41, 5.74) is 1.16. The second-order valence-electron chi connectivity index (χ2n) is 7.77. The summed E-state index contributed by atoms with van der Waals surface area (Å²) in [7, 11) is 3.01. The molecule has 0 spiro atoms. The highest BCUT2D eigenvalue weighted by Crippen LogP contribution is 2.27. The first-order valence-electron chi connectivity index (χ1n) is 10.6. The zero-order valence-corrected chi connectivity index (χ0v) is 20.1. The van der Waals surface area contributed by atoms with Crippen LogP contribution in [0.4, 0.5) is 5.69 Å². The number of nitrogens with one attached hydrogen (secondary N) is 1. The third-order valence-corrected chi connectivity index (χ3v) is 5.64. The lowest BCUT2D eigenvalue weighted by Crippen LogP contribution is -2.25. The molecule has 0 fully saturated rings. The molecule has 4 aromatic rings. The molecule has 0 bridgehead atoms. The number of halogens is 1. The minimum absolute atomic E-state index is 0.0681. The molecule has 8 nitrogen and oxygen atoms in total. The van der Waals surface area contributed by atoms with E-state index in [9.17, 15) is 14.4 Å². The van der Waals surface area contributed by atoms with E-state index in [1.54, 1.807) is 61.5 Å². The minimum Gasteiger partial charge on any atom is -0.497 e. The summed E-state index contributed by atoms with van der Waals surface area (Å²) in [5.74, 6) is 0.148. The van der Waals surface area contributed by atoms with E-state index in [1.165, 1.54) is 25.0 Å². The van der Waals surface area contributed by atoms with Gasteiger partial charge in [-0.1, -0.05) is 11.6 Å². The highest BCUT2D eigenvalue weighted by atomic mass is 35.5. The van der Waals surface area contributed by atoms with E-state index in [0.29, 0.717) is 39.1 Å². The number of hydrogen-bond acceptors (Lipinski definition) is 6. The van der Waals surface area contributed by atoms with Gasteiger partial charge in [0.05, 0.1) is 30.9 Å². The molecule has 1 N–H and O–H groups in total. The molecule has 2 heterocycles. The smallest absolute Gasteiger partial charge is 0.244 e. The molecule has 2 aromatic carbocycles. The number of carbonyl (C=O) groups is 2. The van der Waals surface area contributed by atoms with Crippen molar-refractivity contribution in [3.63, 3.8) is 0 Å². The number of fused-ring (bicyclic) bond motifs is 1. The van der Waals surface area contributed by atoms with Crippen molar-refractivity contribution in [2.75, 3.05) is 19.5 Å². The molecule has 2 aromatic heterocycles. The van der Waals surface area contributed by atoms with Crippen LogP contribution in [0.2, 0.25) is 5.02 Å². The van der Waals surface area contributed by atoms with Crippen LogP contribution >= 0.6 is 11.6 Å². The summed E-state index contributed by atoms with van der Waals surface area (Å²) < 4.78 is 11.9. The van der Waals surface area contributed by atoms with E-state index >= 15 is 0 Å². The van der Waals surface area contributed by atoms with Gasteiger partial charge in [0.25, 0.3) is 0 Å². The average molecular weight is 492 g/mol. The summed E-state index contributed by atoms with van der Waals surface area (Å²) in [5, 5.41) is 3.43. The first-order valence-corrected chi connectivity index (χ1v) is 11.0. The zero-order chi connectivity index (χ0) is 25.1. The first-order chi connectivity index (χ1) is 16.8. The van der Waals surface area contributed by atoms with Crippen molar-refractivity contribution in [3.05, 3.63) is 92.9 Å². The van der Waals surface area contributed by atoms with Crippen molar-refractivity contribution < 1.29 is 19.1 Å². The highest BCUT2D eigenvalue weighted by molar-refractivity contribution is 6.31. The molecule has 0 saturated carbocycles. The Morgan fingerprint density at radius 1 is 1.03 bits per heavy atom. The number of anilines is 1. The molecule has 178 valence electrons. The fraction of sp³-hybridized carbons (Fsp3) is 0.154. The Bertz CT molecular complexity index is 1500. The first kappa shape index (κ1) is 24.0. The number of rotatable bonds is 7. The van der Waals surface area contributed by atoms with Crippen LogP contribution in [-0.4, -0.2) is 35.5 Å². The van der Waals surface area contributed by atoms with E-state index in [-0.39, 0.29) is 17.5 Å². The van der Waals surface area contributed by atoms with Gasteiger partial charge in [-0.05, 0) is 61.5 Å². The van der Waals surface area contributed by atoms with Gasteiger partial charge in [0.15, 0.2) is 5.78 Å². The number of carbonyl (C=O) groups excluding carboxylic acids is 2. The van der Waals surface area contributed by atoms with Gasteiger partial charge in [-0.25, -0.2) is 4.98 Å². The van der Waals surface area contributed by atoms with Crippen molar-refractivity contribution >= 4 is 40.0 Å². The standard InChI is InChI=1S/C26H22ClN3O5/c1-15-4-10-19-25(33)20(24(32)16-5-8-18(34-2)9-6-16)13-30(26(19)28-15)14-23(31)29-21-12-17(27)7-11-22(21)35-3/h4-13H,14H2,1-3H3,(H,29,31). The third-order valence-electron chi connectivity index (χ3n) is 5.41. The molecule has 4 rings (SSSR count). The van der Waals surface area contributed by atoms with Crippen LogP contribution < -0.4 is 20.2 Å². The van der Waals surface area contributed by atoms with Crippen molar-refractivity contribution in [1.29, 1.82) is 0 Å². The summed E-state index contributed by atoms with van der Waals surface area (Å²) in [4.78, 5) is 43.8. The van der Waals surface area contributed by atoms with Crippen molar-refractivity contribution in [2.24, 2.45) is 0 Å². The molecule has 0 radical (unpaired) electrons. The van der Waals surface area contributed by atoms with Crippen LogP contribution in [0.15, 0.2) is 65.6 Å². The molecular formula is C26H22ClN3O5. The second kappa shape index (κ2) is 9.99. The van der Waals surface area contributed by atoms with E-state index < -0.39 is 17.1 Å². The fourth-order valence-corrected chi connectivity index (χ4v) is 3.83. The Balaban J connectivity index is 1.75. The van der Waals surface area contributed by atoms with Crippen LogP contribution in [0.1, 0.15) is 21.6 Å². The monoisotopic (exact) mass is 491 g/mol. The highest BCUT2D eigenvalue weighted by Gasteiger charge is 2.19. The molecular weight excluding hydrogens is 470 g/mol. The molecule has 1 amide bonds. The summed E-state index contributed by atoms with van der Waals surface area (Å²) in [6, 6.07) is 14.6. The van der Waals surface area contributed by atoms with Crippen LogP contribution in [0.3, 0.4) is 0 Å². The third kappa shape index (κ3) is 5.02. The second-order valence-corrected chi connectivity index (χ2v) is 8.21. The lowest BCUT2D eigenvalue weighted by molar-refractivity contribution is -0.116. The Hall–Kier alpha value is -4.17. The quantitative estimate of drug-likeness (QED) is 0.388. The van der Waals surface area contributed by atoms with E-state index in [0.717, 1.165) is 0 Å². The topological polar surface area (TPSA) is 99.5 Å². The lowest BCUT2D eigenvalue weighted by Gasteiger charge is -2.14. The summed E-state index contributed by atoms with van der Waals surface area (Å²) in [6.07, 6.45) is 1.37. The normalized spacial score (nSPS) is 10.7. The molecule has 0 unspecified atom stereocenters. The number of methoxy groups -OCH3 is 2. The van der Waals surface area contributed by atoms with Gasteiger partial charge in [0.2, 0.25) is 11.3 Å². The van der Waals surface area contributed by atoms with Crippen LogP contribution in [0, 0.1) is 6.92 Å². The van der Waals surface area contributed by atoms with E-state index in [4.69, 9.17) is 21.1 Å². The molecule has 0 saturated heterocycles. The van der Waals surface area contributed by atoms with Gasteiger partial charge >= 0.3 is 0 Å². The average Bonchev–Trinajstić information content (AvgIpc) is 2.85. The lowest BCUT2D eigenvalue weighted by atomic mass is 10.0. The van der Waals surface area contributed by atoms with Crippen LogP contribution in [0.25, 0.3) is 11.0 Å². The number of aromatic nitrogens is 2. The zero-order valence-electron chi connectivity index (χ0n) is 19.3. The van der Waals surface area contributed by atoms with E-state index in [2.05, 4.69) is 10.3 Å². The molecule has 0 aliphatic heterocycles. The van der Waals surface area contributed by atoms with Gasteiger partial charge in [-0.15, -0.1) is 0 Å². The predicted octanol–water partition coefficient (Wildman–Crippen LogP) is 4.25. The maximum Gasteiger partial charge on any atom is 0.244 e. The van der Waals surface area contributed by atoms with Gasteiger partial charge in [-0.3, -0.25) is 14.4 Å². The van der Waals surface area contributed by atoms with Crippen molar-refractivity contribution in [3.8, 4) is 11.5 Å². The molecule has 0 aliphatic carbocycles. The molecule has 0 aliphatic rings. The summed E-state index contributed by atoms with van der Waals surface area (Å²) in [6.45, 7) is 1.58. The Morgan fingerprint density at radius 2 is 1.77 bits per heavy atom. The minimum atomic E-state index is -0.467. The number of ketones is 1. The molecule has 35 heavy (non-hydrogen) atoms. The number of aryl methyl sites for hydroxylation is 1. The number of amides is 1. The SMILES string of the molecule is COc1ccc(C(=O)c2cn(CC(=O)Nc3cc(Cl)ccc3OC)c3nc(C)ccc3c2=O)cc1. The summed E-state index contributed by atoms with van der Waals surface area (Å²) >= 11 is 6.06. The largest absolute Gasteiger partial charge is 0.497 e. The maximum atomic E-state index is 13.2. The molecule has 0 atom stereocenters. The number of nitrogens with zero attached hydrogens (tertiary/aromatic N) is 2. The number of pyridine rings is 2. The Labute approximate surface area is 206 Å². The van der Waals surface area contributed by atoms with Gasteiger partial charge in [0, 0.05) is 22.5 Å². The van der Waals surface area contributed by atoms with Crippen LogP contribution in [0.5, 0.6) is 11.5 Å². The Morgan fingerprint density at radius 3 is 2.46 bits per heavy atom. The van der Waals surface area contributed by atoms with Gasteiger partial charge < -0.3 is 19.4 Å². The predicted molar refractivity (Wildman–Crippen MR) is 134 cm³/mol. The van der Waals surface area contributed by atoms with Crippen molar-refractivity contribution in [1.82, 2.24) is 9.55 Å². The number of benzene rings is 2. The van der Waals surface area contributed by atoms with Gasteiger partial charge in [-0.2, -0.15) is 0 Å². The van der Waals surface area contributed by atoms with Crippen molar-refractivity contribution in [2.45, 2.75) is 13.5 Å². The Kier molecular flexibility index (Phi) is 6.84. The van der Waals surface area contributed by atoms with E-state index in [1.807, 2.05) is 0 Å². The van der Waals surface area contributed by atoms with Gasteiger partial charge in [0.1, 0.15) is 23.7 Å². The number of hydrogen-bond donors (Lipinski definition) is 1. The van der Waals surface area contributed by atoms with Crippen LogP contribution in [-0.2, 0) is 11.3 Å². The molecule has 9 heteroatoms. The number of ether oxygens (including phenoxy) is 2. The maximum absolute atomic E-state index is 13.2. The fourth-order valence-electron chi connectivity index (χ4n) is 3.66.